The molecule has 0 saturated carbocycles. The van der Waals surface area contributed by atoms with Crippen molar-refractivity contribution in [1.29, 1.82) is 0 Å². The number of carbonyl (C=O) groups is 1. The highest BCUT2D eigenvalue weighted by molar-refractivity contribution is 7.89. The standard InChI is InChI=1S/C6H11N5O3S/c7-5-3-4(10-11-5)6(12)9-1-2-15(8,13)14/h3H,1-2H2,(H,9,12)(H3,7,10,11)(H2,8,13,14). The van der Waals surface area contributed by atoms with Crippen molar-refractivity contribution in [1.82, 2.24) is 15.5 Å². The van der Waals surface area contributed by atoms with Gasteiger partial charge >= 0.3 is 0 Å². The van der Waals surface area contributed by atoms with Crippen LogP contribution in [0.4, 0.5) is 5.82 Å². The maximum Gasteiger partial charge on any atom is 0.269 e. The van der Waals surface area contributed by atoms with Crippen LogP contribution in [0.1, 0.15) is 10.5 Å². The van der Waals surface area contributed by atoms with Crippen molar-refractivity contribution in [2.75, 3.05) is 18.0 Å². The molecular weight excluding hydrogens is 222 g/mol. The fourth-order valence-electron chi connectivity index (χ4n) is 0.856. The highest BCUT2D eigenvalue weighted by Gasteiger charge is 2.09. The van der Waals surface area contributed by atoms with Gasteiger partial charge in [-0.05, 0) is 0 Å². The highest BCUT2D eigenvalue weighted by Crippen LogP contribution is 1.99. The fraction of sp³-hybridized carbons (Fsp3) is 0.333. The van der Waals surface area contributed by atoms with Gasteiger partial charge in [0.25, 0.3) is 5.91 Å². The Hall–Kier alpha value is -1.61. The maximum absolute atomic E-state index is 11.3. The van der Waals surface area contributed by atoms with Gasteiger partial charge in [0.2, 0.25) is 10.0 Å². The fourth-order valence-corrected chi connectivity index (χ4v) is 1.24. The van der Waals surface area contributed by atoms with Crippen LogP contribution in [-0.4, -0.2) is 36.8 Å². The zero-order valence-electron chi connectivity index (χ0n) is 7.73. The van der Waals surface area contributed by atoms with Gasteiger partial charge in [0.15, 0.2) is 0 Å². The average Bonchev–Trinajstić information content (AvgIpc) is 2.49. The van der Waals surface area contributed by atoms with Crippen LogP contribution in [0.3, 0.4) is 0 Å². The second kappa shape index (κ2) is 4.28. The van der Waals surface area contributed by atoms with Crippen LogP contribution >= 0.6 is 0 Å². The van der Waals surface area contributed by atoms with Gasteiger partial charge in [0.1, 0.15) is 11.5 Å². The van der Waals surface area contributed by atoms with E-state index in [2.05, 4.69) is 15.5 Å². The van der Waals surface area contributed by atoms with E-state index in [-0.39, 0.29) is 23.8 Å². The van der Waals surface area contributed by atoms with Crippen molar-refractivity contribution in [3.05, 3.63) is 11.8 Å². The molecule has 0 bridgehead atoms. The second-order valence-electron chi connectivity index (χ2n) is 2.83. The summed E-state index contributed by atoms with van der Waals surface area (Å²) in [7, 11) is -3.56. The van der Waals surface area contributed by atoms with E-state index in [1.54, 1.807) is 0 Å². The van der Waals surface area contributed by atoms with E-state index in [0.29, 0.717) is 0 Å². The highest BCUT2D eigenvalue weighted by atomic mass is 32.2. The summed E-state index contributed by atoms with van der Waals surface area (Å²) in [5.74, 6) is -0.614. The second-order valence-corrected chi connectivity index (χ2v) is 4.56. The smallest absolute Gasteiger partial charge is 0.269 e. The zero-order valence-corrected chi connectivity index (χ0v) is 8.54. The van der Waals surface area contributed by atoms with Crippen LogP contribution in [0.25, 0.3) is 0 Å². The number of H-pyrrole nitrogens is 1. The number of carbonyl (C=O) groups excluding carboxylic acids is 1. The molecule has 0 fully saturated rings. The third kappa shape index (κ3) is 3.95. The molecule has 0 aliphatic carbocycles. The van der Waals surface area contributed by atoms with E-state index < -0.39 is 15.9 Å². The number of nitrogens with zero attached hydrogens (tertiary/aromatic N) is 1. The molecule has 0 radical (unpaired) electrons. The van der Waals surface area contributed by atoms with E-state index in [4.69, 9.17) is 10.9 Å². The topological polar surface area (TPSA) is 144 Å². The quantitative estimate of drug-likeness (QED) is 0.476. The Bertz CT molecular complexity index is 451. The van der Waals surface area contributed by atoms with Gasteiger partial charge in [-0.3, -0.25) is 9.89 Å². The summed E-state index contributed by atoms with van der Waals surface area (Å²) < 4.78 is 21.1. The predicted molar refractivity (Wildman–Crippen MR) is 53.3 cm³/mol. The Morgan fingerprint density at radius 1 is 1.60 bits per heavy atom. The molecule has 1 aromatic rings. The molecular formula is C6H11N5O3S. The molecule has 15 heavy (non-hydrogen) atoms. The first-order valence-electron chi connectivity index (χ1n) is 3.98. The van der Waals surface area contributed by atoms with E-state index in [1.165, 1.54) is 6.07 Å². The largest absolute Gasteiger partial charge is 0.382 e. The molecule has 1 amide bonds. The Morgan fingerprint density at radius 3 is 2.73 bits per heavy atom. The lowest BCUT2D eigenvalue weighted by molar-refractivity contribution is 0.0951. The van der Waals surface area contributed by atoms with E-state index >= 15 is 0 Å². The summed E-state index contributed by atoms with van der Waals surface area (Å²) in [6.45, 7) is -0.0589. The minimum absolute atomic E-state index is 0.0589. The Labute approximate surface area is 86.1 Å². The number of amides is 1. The number of aromatic nitrogens is 2. The van der Waals surface area contributed by atoms with Crippen molar-refractivity contribution < 1.29 is 13.2 Å². The van der Waals surface area contributed by atoms with Crippen LogP contribution in [0.2, 0.25) is 0 Å². The minimum atomic E-state index is -3.56. The molecule has 6 N–H and O–H groups in total. The number of hydrogen-bond acceptors (Lipinski definition) is 5. The minimum Gasteiger partial charge on any atom is -0.382 e. The summed E-state index contributed by atoms with van der Waals surface area (Å²) in [5, 5.41) is 13.0. The number of primary sulfonamides is 1. The lowest BCUT2D eigenvalue weighted by atomic mass is 10.4. The number of hydrogen-bond donors (Lipinski definition) is 4. The molecule has 84 valence electrons. The lowest BCUT2D eigenvalue weighted by Crippen LogP contribution is -2.31. The first kappa shape index (κ1) is 11.5. The van der Waals surface area contributed by atoms with E-state index in [1.807, 2.05) is 0 Å². The zero-order chi connectivity index (χ0) is 11.5. The number of rotatable bonds is 4. The number of nitrogens with one attached hydrogen (secondary N) is 2. The number of anilines is 1. The summed E-state index contributed by atoms with van der Waals surface area (Å²) in [6, 6.07) is 1.34. The molecule has 0 saturated heterocycles. The summed E-state index contributed by atoms with van der Waals surface area (Å²) in [4.78, 5) is 11.3. The molecule has 0 aliphatic rings. The summed E-state index contributed by atoms with van der Waals surface area (Å²) in [5.41, 5.74) is 5.44. The number of nitrogens with two attached hydrogens (primary N) is 2. The Morgan fingerprint density at radius 2 is 2.27 bits per heavy atom. The summed E-state index contributed by atoms with van der Waals surface area (Å²) in [6.07, 6.45) is 0. The molecule has 1 aromatic heterocycles. The van der Waals surface area contributed by atoms with Crippen LogP contribution in [0.15, 0.2) is 6.07 Å². The van der Waals surface area contributed by atoms with E-state index in [0.717, 1.165) is 0 Å². The third-order valence-electron chi connectivity index (χ3n) is 1.51. The molecule has 0 unspecified atom stereocenters. The normalized spacial score (nSPS) is 11.3. The number of sulfonamides is 1. The van der Waals surface area contributed by atoms with Gasteiger partial charge < -0.3 is 11.1 Å². The third-order valence-corrected chi connectivity index (χ3v) is 2.29. The molecule has 8 nitrogen and oxygen atoms in total. The van der Waals surface area contributed by atoms with Gasteiger partial charge in [0.05, 0.1) is 5.75 Å². The van der Waals surface area contributed by atoms with Gasteiger partial charge in [0, 0.05) is 12.6 Å². The Kier molecular flexibility index (Phi) is 3.27. The molecule has 0 aromatic carbocycles. The molecule has 0 aliphatic heterocycles. The molecule has 1 rings (SSSR count). The monoisotopic (exact) mass is 233 g/mol. The van der Waals surface area contributed by atoms with Crippen LogP contribution < -0.4 is 16.2 Å². The van der Waals surface area contributed by atoms with Crippen molar-refractivity contribution in [2.45, 2.75) is 0 Å². The number of aromatic amines is 1. The first-order chi connectivity index (χ1) is 6.88. The summed E-state index contributed by atoms with van der Waals surface area (Å²) >= 11 is 0. The van der Waals surface area contributed by atoms with Crippen molar-refractivity contribution >= 4 is 21.7 Å². The number of nitrogen functional groups attached to an aromatic ring is 1. The molecule has 9 heteroatoms. The lowest BCUT2D eigenvalue weighted by Gasteiger charge is -2.01. The SMILES string of the molecule is Nc1cc(C(=O)NCCS(N)(=O)=O)[nH]n1. The van der Waals surface area contributed by atoms with Crippen molar-refractivity contribution in [2.24, 2.45) is 5.14 Å². The van der Waals surface area contributed by atoms with Gasteiger partial charge in [-0.1, -0.05) is 0 Å². The average molecular weight is 233 g/mol. The van der Waals surface area contributed by atoms with Crippen molar-refractivity contribution in [3.8, 4) is 0 Å². The molecule has 0 spiro atoms. The van der Waals surface area contributed by atoms with Crippen LogP contribution in [0, 0.1) is 0 Å². The maximum atomic E-state index is 11.3. The van der Waals surface area contributed by atoms with Gasteiger partial charge in [-0.2, -0.15) is 5.10 Å². The first-order valence-corrected chi connectivity index (χ1v) is 5.69. The Balaban J connectivity index is 2.44. The van der Waals surface area contributed by atoms with Gasteiger partial charge in [-0.25, -0.2) is 13.6 Å². The van der Waals surface area contributed by atoms with E-state index in [9.17, 15) is 13.2 Å². The van der Waals surface area contributed by atoms with Gasteiger partial charge in [-0.15, -0.1) is 0 Å². The molecule has 1 heterocycles. The van der Waals surface area contributed by atoms with Crippen LogP contribution in [0.5, 0.6) is 0 Å². The molecule has 0 atom stereocenters. The predicted octanol–water partition coefficient (Wildman–Crippen LogP) is -1.99. The van der Waals surface area contributed by atoms with Crippen molar-refractivity contribution in [3.63, 3.8) is 0 Å². The van der Waals surface area contributed by atoms with Crippen LogP contribution in [-0.2, 0) is 10.0 Å².